The highest BCUT2D eigenvalue weighted by atomic mass is 127. The van der Waals surface area contributed by atoms with Crippen LogP contribution in [0.5, 0.6) is 0 Å². The van der Waals surface area contributed by atoms with E-state index < -0.39 is 0 Å². The Morgan fingerprint density at radius 2 is 1.89 bits per heavy atom. The summed E-state index contributed by atoms with van der Waals surface area (Å²) >= 11 is 11.8. The summed E-state index contributed by atoms with van der Waals surface area (Å²) in [6, 6.07) is 12.0. The Hall–Kier alpha value is -0.590. The lowest BCUT2D eigenvalue weighted by Gasteiger charge is -1.95. The predicted octanol–water partition coefficient (Wildman–Crippen LogP) is 5.25. The lowest BCUT2D eigenvalue weighted by Crippen LogP contribution is -1.80. The summed E-state index contributed by atoms with van der Waals surface area (Å²) in [4.78, 5) is 7.87. The Morgan fingerprint density at radius 1 is 1.17 bits per heavy atom. The number of aromatic nitrogens is 2. The summed E-state index contributed by atoms with van der Waals surface area (Å²) in [5.41, 5.74) is 2.89. The number of fused-ring (bicyclic) bond motifs is 1. The maximum Gasteiger partial charge on any atom is 0.138 e. The second-order valence-electron chi connectivity index (χ2n) is 3.88. The van der Waals surface area contributed by atoms with Crippen LogP contribution in [0.1, 0.15) is 0 Å². The highest BCUT2D eigenvalue weighted by molar-refractivity contribution is 14.1. The summed E-state index contributed by atoms with van der Waals surface area (Å²) in [5.74, 6) is 0.851. The van der Waals surface area contributed by atoms with E-state index in [2.05, 4.69) is 72.8 Å². The fraction of sp³-hybridized carbons (Fsp3) is 0. The topological polar surface area (TPSA) is 28.7 Å². The average molecular weight is 433 g/mol. The first-order valence-electron chi connectivity index (χ1n) is 5.24. The van der Waals surface area contributed by atoms with Gasteiger partial charge >= 0.3 is 0 Å². The smallest absolute Gasteiger partial charge is 0.138 e. The summed E-state index contributed by atoms with van der Waals surface area (Å²) < 4.78 is 2.11. The van der Waals surface area contributed by atoms with Crippen LogP contribution >= 0.6 is 50.1 Å². The molecule has 0 amide bonds. The third-order valence-corrected chi connectivity index (χ3v) is 4.16. The summed E-state index contributed by atoms with van der Waals surface area (Å²) in [6.07, 6.45) is 0. The molecule has 0 bridgehead atoms. The maximum atomic E-state index is 6.02. The Bertz CT molecular complexity index is 722. The molecule has 0 spiro atoms. The maximum absolute atomic E-state index is 6.02. The van der Waals surface area contributed by atoms with Crippen molar-refractivity contribution in [1.29, 1.82) is 0 Å². The van der Waals surface area contributed by atoms with Crippen LogP contribution in [-0.2, 0) is 0 Å². The van der Waals surface area contributed by atoms with Crippen molar-refractivity contribution in [3.8, 4) is 11.4 Å². The van der Waals surface area contributed by atoms with Crippen molar-refractivity contribution in [2.45, 2.75) is 0 Å². The van der Waals surface area contributed by atoms with Crippen LogP contribution < -0.4 is 0 Å². The van der Waals surface area contributed by atoms with Gasteiger partial charge in [0, 0.05) is 18.6 Å². The molecule has 0 atom stereocenters. The van der Waals surface area contributed by atoms with Crippen LogP contribution in [0.15, 0.2) is 40.9 Å². The highest BCUT2D eigenvalue weighted by Crippen LogP contribution is 2.29. The van der Waals surface area contributed by atoms with Gasteiger partial charge in [-0.25, -0.2) is 4.98 Å². The first-order chi connectivity index (χ1) is 8.63. The number of H-pyrrole nitrogens is 1. The SMILES string of the molecule is Clc1cc(Br)c2nc(-c3ccc(I)cc3)[nH]c2c1. The lowest BCUT2D eigenvalue weighted by molar-refractivity contribution is 1.33. The Labute approximate surface area is 131 Å². The molecule has 2 aromatic carbocycles. The van der Waals surface area contributed by atoms with Crippen molar-refractivity contribution in [3.63, 3.8) is 0 Å². The molecule has 5 heteroatoms. The number of imidazole rings is 1. The Kier molecular flexibility index (Phi) is 3.34. The molecule has 2 nitrogen and oxygen atoms in total. The van der Waals surface area contributed by atoms with Crippen molar-refractivity contribution in [2.24, 2.45) is 0 Å². The minimum absolute atomic E-state index is 0.687. The minimum atomic E-state index is 0.687. The third-order valence-electron chi connectivity index (χ3n) is 2.62. The van der Waals surface area contributed by atoms with E-state index in [9.17, 15) is 0 Å². The summed E-state index contributed by atoms with van der Waals surface area (Å²) in [5, 5.41) is 0.687. The molecule has 0 saturated heterocycles. The van der Waals surface area contributed by atoms with Crippen LogP contribution in [0.2, 0.25) is 5.02 Å². The zero-order valence-electron chi connectivity index (χ0n) is 9.05. The summed E-state index contributed by atoms with van der Waals surface area (Å²) in [7, 11) is 0. The average Bonchev–Trinajstić information content (AvgIpc) is 2.74. The number of aromatic amines is 1. The molecule has 0 aliphatic heterocycles. The molecule has 18 heavy (non-hydrogen) atoms. The number of hydrogen-bond acceptors (Lipinski definition) is 1. The standard InChI is InChI=1S/C13H7BrClIN2/c14-10-5-8(15)6-11-12(10)18-13(17-11)7-1-3-9(16)4-2-7/h1-6H,(H,17,18). The molecule has 3 aromatic rings. The van der Waals surface area contributed by atoms with Crippen LogP contribution in [-0.4, -0.2) is 9.97 Å². The van der Waals surface area contributed by atoms with Gasteiger partial charge in [-0.1, -0.05) is 23.7 Å². The van der Waals surface area contributed by atoms with E-state index in [0.717, 1.165) is 26.9 Å². The van der Waals surface area contributed by atoms with Crippen molar-refractivity contribution < 1.29 is 0 Å². The Balaban J connectivity index is 2.19. The van der Waals surface area contributed by atoms with E-state index in [1.54, 1.807) is 0 Å². The quantitative estimate of drug-likeness (QED) is 0.522. The fourth-order valence-corrected chi connectivity index (χ4v) is 3.05. The van der Waals surface area contributed by atoms with Crippen molar-refractivity contribution in [3.05, 3.63) is 49.5 Å². The molecule has 1 N–H and O–H groups in total. The zero-order chi connectivity index (χ0) is 12.7. The van der Waals surface area contributed by atoms with Crippen LogP contribution in [0.4, 0.5) is 0 Å². The van der Waals surface area contributed by atoms with Crippen LogP contribution in [0, 0.1) is 3.57 Å². The largest absolute Gasteiger partial charge is 0.338 e. The molecule has 0 unspecified atom stereocenters. The van der Waals surface area contributed by atoms with Gasteiger partial charge in [-0.05, 0) is 62.8 Å². The first-order valence-corrected chi connectivity index (χ1v) is 7.49. The van der Waals surface area contributed by atoms with E-state index in [0.29, 0.717) is 5.02 Å². The molecule has 3 rings (SSSR count). The minimum Gasteiger partial charge on any atom is -0.338 e. The second-order valence-corrected chi connectivity index (χ2v) is 6.41. The van der Waals surface area contributed by atoms with Crippen molar-refractivity contribution in [1.82, 2.24) is 9.97 Å². The first kappa shape index (κ1) is 12.4. The molecule has 0 saturated carbocycles. The third kappa shape index (κ3) is 2.29. The van der Waals surface area contributed by atoms with E-state index in [4.69, 9.17) is 11.6 Å². The van der Waals surface area contributed by atoms with E-state index in [-0.39, 0.29) is 0 Å². The van der Waals surface area contributed by atoms with Gasteiger partial charge in [0.15, 0.2) is 0 Å². The van der Waals surface area contributed by atoms with Crippen molar-refractivity contribution >= 4 is 61.2 Å². The van der Waals surface area contributed by atoms with E-state index >= 15 is 0 Å². The molecule has 0 aliphatic rings. The number of benzene rings is 2. The predicted molar refractivity (Wildman–Crippen MR) is 87.0 cm³/mol. The molecule has 0 aliphatic carbocycles. The normalized spacial score (nSPS) is 11.1. The Morgan fingerprint density at radius 3 is 2.61 bits per heavy atom. The number of halogens is 3. The van der Waals surface area contributed by atoms with Crippen LogP contribution in [0.3, 0.4) is 0 Å². The van der Waals surface area contributed by atoms with Gasteiger partial charge in [-0.3, -0.25) is 0 Å². The van der Waals surface area contributed by atoms with Gasteiger partial charge in [-0.2, -0.15) is 0 Å². The zero-order valence-corrected chi connectivity index (χ0v) is 13.5. The highest BCUT2D eigenvalue weighted by Gasteiger charge is 2.08. The monoisotopic (exact) mass is 432 g/mol. The lowest BCUT2D eigenvalue weighted by atomic mass is 10.2. The molecule has 0 fully saturated rings. The van der Waals surface area contributed by atoms with Gasteiger partial charge in [0.2, 0.25) is 0 Å². The number of hydrogen-bond donors (Lipinski definition) is 1. The number of nitrogens with one attached hydrogen (secondary N) is 1. The molecule has 1 aromatic heterocycles. The van der Waals surface area contributed by atoms with Gasteiger partial charge in [0.25, 0.3) is 0 Å². The molecule has 90 valence electrons. The molecule has 0 radical (unpaired) electrons. The van der Waals surface area contributed by atoms with Gasteiger partial charge in [0.05, 0.1) is 5.52 Å². The second kappa shape index (κ2) is 4.83. The summed E-state index contributed by atoms with van der Waals surface area (Å²) in [6.45, 7) is 0. The fourth-order valence-electron chi connectivity index (χ4n) is 1.79. The number of nitrogens with zero attached hydrogens (tertiary/aromatic N) is 1. The number of rotatable bonds is 1. The molecular formula is C13H7BrClIN2. The van der Waals surface area contributed by atoms with E-state index in [1.807, 2.05) is 12.1 Å². The van der Waals surface area contributed by atoms with Gasteiger partial charge in [-0.15, -0.1) is 0 Å². The van der Waals surface area contributed by atoms with Crippen LogP contribution in [0.25, 0.3) is 22.4 Å². The molecular weight excluding hydrogens is 426 g/mol. The molecule has 1 heterocycles. The van der Waals surface area contributed by atoms with Gasteiger partial charge < -0.3 is 4.98 Å². The van der Waals surface area contributed by atoms with Gasteiger partial charge in [0.1, 0.15) is 11.3 Å². The van der Waals surface area contributed by atoms with E-state index in [1.165, 1.54) is 3.57 Å². The van der Waals surface area contributed by atoms with Crippen molar-refractivity contribution in [2.75, 3.05) is 0 Å².